The molecule has 0 bridgehead atoms. The normalized spacial score (nSPS) is 13.1. The van der Waals surface area contributed by atoms with Crippen molar-refractivity contribution in [1.82, 2.24) is 9.80 Å². The molecule has 1 saturated heterocycles. The largest absolute Gasteiger partial charge is 0.445 e. The Labute approximate surface area is 170 Å². The van der Waals surface area contributed by atoms with Gasteiger partial charge in [0.1, 0.15) is 6.61 Å². The summed E-state index contributed by atoms with van der Waals surface area (Å²) >= 11 is 0. The molecule has 28 heavy (non-hydrogen) atoms. The van der Waals surface area contributed by atoms with Gasteiger partial charge in [0, 0.05) is 39.7 Å². The fraction of sp³-hybridized carbons (Fsp3) is 0.636. The van der Waals surface area contributed by atoms with Crippen molar-refractivity contribution in [1.29, 1.82) is 0 Å². The third-order valence-corrected chi connectivity index (χ3v) is 4.27. The van der Waals surface area contributed by atoms with Gasteiger partial charge in [0.2, 0.25) is 5.91 Å². The van der Waals surface area contributed by atoms with E-state index in [1.54, 1.807) is 4.90 Å². The van der Waals surface area contributed by atoms with Crippen molar-refractivity contribution in [2.24, 2.45) is 5.92 Å². The first-order valence-electron chi connectivity index (χ1n) is 10.2. The molecule has 0 saturated carbocycles. The van der Waals surface area contributed by atoms with E-state index in [-0.39, 0.29) is 18.6 Å². The van der Waals surface area contributed by atoms with Gasteiger partial charge in [-0.1, -0.05) is 64.4 Å². The number of piperazine rings is 1. The zero-order valence-electron chi connectivity index (χ0n) is 18.2. The summed E-state index contributed by atoms with van der Waals surface area (Å²) in [5, 5.41) is 7.00. The molecule has 0 unspecified atom stereocenters. The number of rotatable bonds is 6. The molecule has 0 radical (unpaired) electrons. The summed E-state index contributed by atoms with van der Waals surface area (Å²) in [6, 6.07) is 9.64. The molecule has 0 spiro atoms. The van der Waals surface area contributed by atoms with Crippen molar-refractivity contribution in [3.8, 4) is 0 Å². The highest BCUT2D eigenvalue weighted by atomic mass is 16.6. The highest BCUT2D eigenvalue weighted by molar-refractivity contribution is 5.76. The number of carbonyl (C=O) groups is 2. The molecule has 2 amide bonds. The first-order chi connectivity index (χ1) is 13.6. The number of benzene rings is 1. The van der Waals surface area contributed by atoms with E-state index in [1.807, 2.05) is 49.1 Å². The molecule has 0 aromatic heterocycles. The molecule has 0 atom stereocenters. The van der Waals surface area contributed by atoms with Gasteiger partial charge in [-0.25, -0.2) is 4.79 Å². The van der Waals surface area contributed by atoms with E-state index in [1.165, 1.54) is 0 Å². The Morgan fingerprint density at radius 3 is 2.07 bits per heavy atom. The Morgan fingerprint density at radius 1 is 1.00 bits per heavy atom. The average Bonchev–Trinajstić information content (AvgIpc) is 2.75. The molecule has 1 heterocycles. The van der Waals surface area contributed by atoms with E-state index in [0.29, 0.717) is 38.5 Å². The Kier molecular flexibility index (Phi) is 14.7. The maximum absolute atomic E-state index is 12.2. The van der Waals surface area contributed by atoms with E-state index in [0.717, 1.165) is 25.5 Å². The Balaban J connectivity index is 0.00000171. The average molecular weight is 395 g/mol. The lowest BCUT2D eigenvalue weighted by Crippen LogP contribution is -2.50. The van der Waals surface area contributed by atoms with Crippen molar-refractivity contribution in [3.63, 3.8) is 0 Å². The highest BCUT2D eigenvalue weighted by Gasteiger charge is 2.24. The van der Waals surface area contributed by atoms with Crippen molar-refractivity contribution >= 4 is 12.0 Å². The van der Waals surface area contributed by atoms with E-state index in [9.17, 15) is 9.59 Å². The van der Waals surface area contributed by atoms with Gasteiger partial charge >= 0.3 is 6.09 Å². The summed E-state index contributed by atoms with van der Waals surface area (Å²) in [6.45, 7) is 10.9. The van der Waals surface area contributed by atoms with Crippen LogP contribution in [0.3, 0.4) is 0 Å². The third-order valence-electron chi connectivity index (χ3n) is 4.27. The number of amides is 2. The molecule has 6 heteroatoms. The summed E-state index contributed by atoms with van der Waals surface area (Å²) in [7, 11) is 1.00. The van der Waals surface area contributed by atoms with Crippen LogP contribution in [0.2, 0.25) is 0 Å². The van der Waals surface area contributed by atoms with Gasteiger partial charge in [0.25, 0.3) is 0 Å². The van der Waals surface area contributed by atoms with Gasteiger partial charge in [-0.2, -0.15) is 0 Å². The Bertz CT molecular complexity index is 527. The number of aliphatic hydroxyl groups excluding tert-OH is 1. The zero-order valence-corrected chi connectivity index (χ0v) is 18.2. The van der Waals surface area contributed by atoms with Gasteiger partial charge in [-0.3, -0.25) is 4.79 Å². The summed E-state index contributed by atoms with van der Waals surface area (Å²) in [6.07, 6.45) is 2.33. The van der Waals surface area contributed by atoms with Crippen LogP contribution in [0.4, 0.5) is 4.79 Å². The molecular weight excluding hydrogens is 356 g/mol. The quantitative estimate of drug-likeness (QED) is 0.794. The zero-order chi connectivity index (χ0) is 21.4. The lowest BCUT2D eigenvalue weighted by atomic mass is 10.1. The minimum absolute atomic E-state index is 0.202. The third kappa shape index (κ3) is 10.3. The van der Waals surface area contributed by atoms with Crippen molar-refractivity contribution < 1.29 is 19.4 Å². The van der Waals surface area contributed by atoms with Crippen molar-refractivity contribution in [2.45, 2.75) is 53.6 Å². The summed E-state index contributed by atoms with van der Waals surface area (Å²) in [5.41, 5.74) is 0.977. The predicted molar refractivity (Wildman–Crippen MR) is 113 cm³/mol. The van der Waals surface area contributed by atoms with Gasteiger partial charge in [-0.05, 0) is 17.9 Å². The number of ether oxygens (including phenoxy) is 1. The molecule has 1 aliphatic rings. The lowest BCUT2D eigenvalue weighted by Gasteiger charge is -2.34. The Morgan fingerprint density at radius 2 is 1.54 bits per heavy atom. The van der Waals surface area contributed by atoms with Gasteiger partial charge in [0.05, 0.1) is 0 Å². The van der Waals surface area contributed by atoms with Crippen LogP contribution in [0.15, 0.2) is 30.3 Å². The standard InChI is InChI=1S/C19H28N2O3.C2H6.CH4O/c1-16(2)7-6-10-18(22)20-11-13-21(14-12-20)19(23)24-15-17-8-4-3-5-9-17;2*1-2/h3-5,8-9,16H,6-7,10-15H2,1-2H3;1-2H3;2H,1H3. The molecule has 1 aromatic carbocycles. The minimum atomic E-state index is -0.300. The van der Waals surface area contributed by atoms with E-state index in [4.69, 9.17) is 9.84 Å². The molecule has 1 N–H and O–H groups in total. The topological polar surface area (TPSA) is 70.1 Å². The van der Waals surface area contributed by atoms with Crippen LogP contribution < -0.4 is 0 Å². The number of hydrogen-bond donors (Lipinski definition) is 1. The highest BCUT2D eigenvalue weighted by Crippen LogP contribution is 2.11. The monoisotopic (exact) mass is 394 g/mol. The lowest BCUT2D eigenvalue weighted by molar-refractivity contribution is -0.132. The molecule has 6 nitrogen and oxygen atoms in total. The number of carbonyl (C=O) groups excluding carboxylic acids is 2. The first kappa shape index (κ1) is 25.9. The second-order valence-corrected chi connectivity index (χ2v) is 6.69. The maximum atomic E-state index is 12.2. The SMILES string of the molecule is CC.CC(C)CCCC(=O)N1CCN(C(=O)OCc2ccccc2)CC1.CO. The smallest absolute Gasteiger partial charge is 0.410 e. The second kappa shape index (κ2) is 15.9. The molecule has 0 aliphatic carbocycles. The van der Waals surface area contributed by atoms with E-state index < -0.39 is 0 Å². The van der Waals surface area contributed by atoms with Crippen LogP contribution in [0.1, 0.15) is 52.5 Å². The molecule has 160 valence electrons. The van der Waals surface area contributed by atoms with Crippen LogP contribution in [0.25, 0.3) is 0 Å². The molecule has 1 aromatic rings. The second-order valence-electron chi connectivity index (χ2n) is 6.69. The van der Waals surface area contributed by atoms with Crippen molar-refractivity contribution in [2.75, 3.05) is 33.3 Å². The summed E-state index contributed by atoms with van der Waals surface area (Å²) in [5.74, 6) is 0.835. The van der Waals surface area contributed by atoms with Gasteiger partial charge in [0.15, 0.2) is 0 Å². The Hall–Kier alpha value is -2.08. The van der Waals surface area contributed by atoms with E-state index in [2.05, 4.69) is 13.8 Å². The summed E-state index contributed by atoms with van der Waals surface area (Å²) < 4.78 is 5.34. The molecule has 1 fully saturated rings. The molecule has 2 rings (SSSR count). The maximum Gasteiger partial charge on any atom is 0.410 e. The van der Waals surface area contributed by atoms with Crippen LogP contribution in [-0.4, -0.2) is 60.2 Å². The van der Waals surface area contributed by atoms with E-state index >= 15 is 0 Å². The first-order valence-corrected chi connectivity index (χ1v) is 10.2. The number of nitrogens with zero attached hydrogens (tertiary/aromatic N) is 2. The van der Waals surface area contributed by atoms with Crippen LogP contribution >= 0.6 is 0 Å². The summed E-state index contributed by atoms with van der Waals surface area (Å²) in [4.78, 5) is 27.8. The molecule has 1 aliphatic heterocycles. The number of aliphatic hydroxyl groups is 1. The van der Waals surface area contributed by atoms with Crippen LogP contribution in [-0.2, 0) is 16.1 Å². The van der Waals surface area contributed by atoms with Crippen LogP contribution in [0, 0.1) is 5.92 Å². The van der Waals surface area contributed by atoms with Crippen molar-refractivity contribution in [3.05, 3.63) is 35.9 Å². The minimum Gasteiger partial charge on any atom is -0.445 e. The fourth-order valence-electron chi connectivity index (χ4n) is 2.77. The van der Waals surface area contributed by atoms with Gasteiger partial charge < -0.3 is 19.6 Å². The molecular formula is C22H38N2O4. The van der Waals surface area contributed by atoms with Crippen LogP contribution in [0.5, 0.6) is 0 Å². The van der Waals surface area contributed by atoms with Gasteiger partial charge in [-0.15, -0.1) is 0 Å². The predicted octanol–water partition coefficient (Wildman–Crippen LogP) is 3.93. The fourth-order valence-corrected chi connectivity index (χ4v) is 2.77. The number of hydrogen-bond acceptors (Lipinski definition) is 4.